The summed E-state index contributed by atoms with van der Waals surface area (Å²) < 4.78 is 24.3. The van der Waals surface area contributed by atoms with Crippen molar-refractivity contribution in [1.82, 2.24) is 0 Å². The van der Waals surface area contributed by atoms with E-state index in [0.717, 1.165) is 12.8 Å². The molecule has 0 aromatic carbocycles. The third kappa shape index (κ3) is 5.46. The van der Waals surface area contributed by atoms with Crippen molar-refractivity contribution in [3.63, 3.8) is 0 Å². The first-order chi connectivity index (χ1) is 14.3. The van der Waals surface area contributed by atoms with Gasteiger partial charge in [-0.2, -0.15) is 0 Å². The first kappa shape index (κ1) is 29.2. The Morgan fingerprint density at radius 2 is 1.16 bits per heavy atom. The standard InChI is InChI=1S/C23H40O7P2/c1-10-14(11-2)23(8,9)19-16(13-4)17(21(31(25,26)27)32(28,29)30)15(12-3)18(20(19)24)22(5,6)7/h14H,10-13H2,1-9H3,(H2,25,26,27)(H2,28,29,30)/p-4. The van der Waals surface area contributed by atoms with E-state index < -0.39 is 31.1 Å². The van der Waals surface area contributed by atoms with E-state index in [9.17, 15) is 33.5 Å². The van der Waals surface area contributed by atoms with Gasteiger partial charge in [0.25, 0.3) is 0 Å². The largest absolute Gasteiger partial charge is 0.807 e. The van der Waals surface area contributed by atoms with E-state index in [1.54, 1.807) is 34.6 Å². The molecule has 0 spiro atoms. The topological polar surface area (TPSA) is 143 Å². The van der Waals surface area contributed by atoms with Crippen LogP contribution in [0.25, 0.3) is 0 Å². The van der Waals surface area contributed by atoms with Gasteiger partial charge in [-0.3, -0.25) is 4.79 Å². The van der Waals surface area contributed by atoms with Gasteiger partial charge in [0.2, 0.25) is 0 Å². The van der Waals surface area contributed by atoms with Crippen LogP contribution in [0.5, 0.6) is 0 Å². The van der Waals surface area contributed by atoms with E-state index in [1.807, 2.05) is 27.7 Å². The Hall–Kier alpha value is -0.810. The number of allylic oxidation sites excluding steroid dienone is 5. The fourth-order valence-electron chi connectivity index (χ4n) is 5.22. The molecule has 184 valence electrons. The van der Waals surface area contributed by atoms with Gasteiger partial charge >= 0.3 is 0 Å². The van der Waals surface area contributed by atoms with Crippen molar-refractivity contribution in [2.24, 2.45) is 16.7 Å². The Morgan fingerprint density at radius 3 is 1.44 bits per heavy atom. The van der Waals surface area contributed by atoms with Crippen molar-refractivity contribution in [3.8, 4) is 0 Å². The molecule has 1 aliphatic rings. The summed E-state index contributed by atoms with van der Waals surface area (Å²) in [5.74, 6) is -0.237. The second kappa shape index (κ2) is 9.82. The molecule has 0 atom stereocenters. The predicted molar refractivity (Wildman–Crippen MR) is 119 cm³/mol. The van der Waals surface area contributed by atoms with Gasteiger partial charge in [0.1, 0.15) is 0 Å². The van der Waals surface area contributed by atoms with E-state index in [4.69, 9.17) is 0 Å². The highest BCUT2D eigenvalue weighted by Gasteiger charge is 2.44. The van der Waals surface area contributed by atoms with Gasteiger partial charge in [-0.25, -0.2) is 0 Å². The van der Waals surface area contributed by atoms with Crippen LogP contribution < -0.4 is 19.6 Å². The number of Topliss-reactive ketones (excluding diaryl/α,β-unsaturated/α-hetero) is 1. The minimum absolute atomic E-state index is 0.0368. The lowest BCUT2D eigenvalue weighted by Crippen LogP contribution is -2.37. The van der Waals surface area contributed by atoms with Crippen LogP contribution in [-0.4, -0.2) is 5.78 Å². The molecule has 0 saturated heterocycles. The van der Waals surface area contributed by atoms with Gasteiger partial charge in [0.05, 0.1) is 0 Å². The molecular formula is C23H36O7P2-4. The molecule has 0 amide bonds. The highest BCUT2D eigenvalue weighted by molar-refractivity contribution is 7.74. The highest BCUT2D eigenvalue weighted by Crippen LogP contribution is 2.61. The molecule has 1 rings (SSSR count). The van der Waals surface area contributed by atoms with Crippen LogP contribution in [0.15, 0.2) is 32.9 Å². The summed E-state index contributed by atoms with van der Waals surface area (Å²) in [7, 11) is -11.9. The molecule has 0 unspecified atom stereocenters. The summed E-state index contributed by atoms with van der Waals surface area (Å²) >= 11 is 0. The van der Waals surface area contributed by atoms with Gasteiger partial charge in [-0.05, 0) is 61.5 Å². The van der Waals surface area contributed by atoms with E-state index in [1.165, 1.54) is 0 Å². The van der Waals surface area contributed by atoms with Crippen LogP contribution in [0.3, 0.4) is 0 Å². The van der Waals surface area contributed by atoms with Gasteiger partial charge in [-0.15, -0.1) is 0 Å². The highest BCUT2D eigenvalue weighted by atomic mass is 31.2. The van der Waals surface area contributed by atoms with Crippen LogP contribution in [0.2, 0.25) is 0 Å². The predicted octanol–water partition coefficient (Wildman–Crippen LogP) is 3.53. The Kier molecular flexibility index (Phi) is 8.96. The molecule has 0 aliphatic heterocycles. The Labute approximate surface area is 192 Å². The SMILES string of the molecule is CCC1=C(C(C)(C)C)C(=O)C(C(C)(C)C(CC)CC)=C(CC)C1=C(P(=O)([O-])[O-])P(=O)([O-])[O-]. The fourth-order valence-corrected chi connectivity index (χ4v) is 7.51. The first-order valence-corrected chi connectivity index (χ1v) is 14.2. The summed E-state index contributed by atoms with van der Waals surface area (Å²) in [5.41, 5.74) is -1.02. The van der Waals surface area contributed by atoms with E-state index in [2.05, 4.69) is 0 Å². The lowest BCUT2D eigenvalue weighted by Gasteiger charge is -2.48. The van der Waals surface area contributed by atoms with Gasteiger partial charge in [0.15, 0.2) is 5.78 Å². The second-order valence-electron chi connectivity index (χ2n) is 9.92. The molecule has 0 N–H and O–H groups in total. The normalized spacial score (nSPS) is 17.1. The maximum absolute atomic E-state index is 14.0. The van der Waals surface area contributed by atoms with E-state index >= 15 is 0 Å². The quantitative estimate of drug-likeness (QED) is 0.477. The van der Waals surface area contributed by atoms with Crippen molar-refractivity contribution in [2.75, 3.05) is 0 Å². The molecule has 1 aliphatic carbocycles. The van der Waals surface area contributed by atoms with Crippen molar-refractivity contribution in [2.45, 2.75) is 88.0 Å². The minimum atomic E-state index is -5.97. The van der Waals surface area contributed by atoms with Crippen LogP contribution in [0.1, 0.15) is 88.0 Å². The summed E-state index contributed by atoms with van der Waals surface area (Å²) in [6.07, 6.45) is 1.67. The number of hydrogen-bond acceptors (Lipinski definition) is 7. The van der Waals surface area contributed by atoms with Gasteiger partial charge < -0.3 is 28.7 Å². The molecule has 0 aromatic heterocycles. The van der Waals surface area contributed by atoms with Gasteiger partial charge in [0, 0.05) is 16.2 Å². The molecule has 32 heavy (non-hydrogen) atoms. The average molecular weight is 486 g/mol. The second-order valence-corrected chi connectivity index (χ2v) is 13.2. The molecule has 0 heterocycles. The summed E-state index contributed by atoms with van der Waals surface area (Å²) in [5, 5.41) is -1.62. The maximum atomic E-state index is 14.0. The Morgan fingerprint density at radius 1 is 0.781 bits per heavy atom. The zero-order chi connectivity index (χ0) is 25.4. The molecule has 7 nitrogen and oxygen atoms in total. The smallest absolute Gasteiger partial charge is 0.186 e. The van der Waals surface area contributed by atoms with Crippen LogP contribution in [0.4, 0.5) is 0 Å². The minimum Gasteiger partial charge on any atom is -0.807 e. The third-order valence-corrected chi connectivity index (χ3v) is 9.47. The molecular weight excluding hydrogens is 450 g/mol. The summed E-state index contributed by atoms with van der Waals surface area (Å²) in [6, 6.07) is 0. The molecule has 9 heteroatoms. The van der Waals surface area contributed by atoms with Gasteiger partial charge in [-0.1, -0.05) is 75.2 Å². The number of carbonyl (C=O) groups is 1. The monoisotopic (exact) mass is 486 g/mol. The van der Waals surface area contributed by atoms with Crippen molar-refractivity contribution in [3.05, 3.63) is 32.9 Å². The maximum Gasteiger partial charge on any atom is 0.186 e. The Bertz CT molecular complexity index is 921. The average Bonchev–Trinajstić information content (AvgIpc) is 2.58. The van der Waals surface area contributed by atoms with E-state index in [-0.39, 0.29) is 46.8 Å². The number of carbonyl (C=O) groups excluding carboxylic acids is 1. The first-order valence-electron chi connectivity index (χ1n) is 11.1. The van der Waals surface area contributed by atoms with Crippen molar-refractivity contribution >= 4 is 21.0 Å². The lowest BCUT2D eigenvalue weighted by molar-refractivity contribution is -0.319. The lowest BCUT2D eigenvalue weighted by atomic mass is 9.61. The number of rotatable bonds is 8. The van der Waals surface area contributed by atoms with Crippen molar-refractivity contribution in [1.29, 1.82) is 0 Å². The third-order valence-electron chi connectivity index (χ3n) is 6.51. The zero-order valence-corrected chi connectivity index (χ0v) is 22.4. The summed E-state index contributed by atoms with van der Waals surface area (Å²) in [4.78, 5) is 62.6. The fraction of sp³-hybridized carbons (Fsp3) is 0.696. The molecule has 0 saturated carbocycles. The van der Waals surface area contributed by atoms with E-state index in [0.29, 0.717) is 5.57 Å². The van der Waals surface area contributed by atoms with Crippen LogP contribution in [-0.2, 0) is 13.9 Å². The molecule has 0 radical (unpaired) electrons. The Balaban J connectivity index is 4.50. The van der Waals surface area contributed by atoms with Crippen LogP contribution in [0, 0.1) is 16.7 Å². The molecule has 0 fully saturated rings. The summed E-state index contributed by atoms with van der Waals surface area (Å²) in [6.45, 7) is 16.4. The number of ketones is 1. The molecule has 0 aromatic rings. The molecule has 0 bridgehead atoms. The number of hydrogen-bond donors (Lipinski definition) is 0. The zero-order valence-electron chi connectivity index (χ0n) is 20.7. The van der Waals surface area contributed by atoms with Crippen molar-refractivity contribution < 1.29 is 33.5 Å². The van der Waals surface area contributed by atoms with Crippen LogP contribution >= 0.6 is 15.2 Å².